The lowest BCUT2D eigenvalue weighted by molar-refractivity contribution is -0.142. The average molecular weight is 657 g/mol. The Morgan fingerprint density at radius 1 is 0.957 bits per heavy atom. The Morgan fingerprint density at radius 3 is 2.20 bits per heavy atom. The van der Waals surface area contributed by atoms with Crippen LogP contribution in [0.5, 0.6) is 5.75 Å². The average Bonchev–Trinajstić information content (AvgIpc) is 3.04. The van der Waals surface area contributed by atoms with Gasteiger partial charge in [0, 0.05) is 11.4 Å². The summed E-state index contributed by atoms with van der Waals surface area (Å²) in [6.45, 7) is -0.564. The van der Waals surface area contributed by atoms with Crippen LogP contribution in [0, 0.1) is 11.6 Å². The first-order valence-electron chi connectivity index (χ1n) is 14.4. The van der Waals surface area contributed by atoms with E-state index >= 15 is 0 Å². The quantitative estimate of drug-likeness (QED) is 0.146. The number of aliphatic carboxylic acids is 1. The standard InChI is InChI=1S/C32H34F2N4O7S/c33-21-7-3-19(4-8-21)26(39)18-46-30-29(38(31(30)42)23-11-9-22(34)10-12-23)20-5-13-24(14-6-20)45-17-28(41)36-16-27(40)37-25(32(43)44)2-1-15-35/h3-14,25-26,29-30,39H,1-2,15-18,35H2,(H,36,41)(H,37,40)(H,43,44)/t25-,26?,29-,30-/m1/s1. The monoisotopic (exact) mass is 656 g/mol. The van der Waals surface area contributed by atoms with E-state index in [0.717, 1.165) is 5.56 Å². The predicted octanol–water partition coefficient (Wildman–Crippen LogP) is 2.69. The second-order valence-corrected chi connectivity index (χ2v) is 11.6. The normalized spacial score (nSPS) is 17.0. The van der Waals surface area contributed by atoms with Crippen molar-refractivity contribution in [2.75, 3.05) is 30.3 Å². The smallest absolute Gasteiger partial charge is 0.326 e. The first-order valence-corrected chi connectivity index (χ1v) is 15.5. The topological polar surface area (TPSA) is 171 Å². The van der Waals surface area contributed by atoms with Crippen molar-refractivity contribution in [3.8, 4) is 5.75 Å². The number of β-lactam (4-membered cyclic amide) rings is 1. The van der Waals surface area contributed by atoms with Crippen LogP contribution in [0.4, 0.5) is 14.5 Å². The van der Waals surface area contributed by atoms with Crippen molar-refractivity contribution in [1.82, 2.24) is 10.6 Å². The zero-order valence-electron chi connectivity index (χ0n) is 24.6. The van der Waals surface area contributed by atoms with Crippen molar-refractivity contribution >= 4 is 41.1 Å². The molecule has 4 rings (SSSR count). The molecule has 1 aliphatic rings. The van der Waals surface area contributed by atoms with Gasteiger partial charge in [-0.15, -0.1) is 11.8 Å². The number of carboxylic acids is 1. The third-order valence-corrected chi connectivity index (χ3v) is 8.53. The van der Waals surface area contributed by atoms with Gasteiger partial charge < -0.3 is 36.2 Å². The Balaban J connectivity index is 1.35. The van der Waals surface area contributed by atoms with E-state index in [1.54, 1.807) is 29.2 Å². The Morgan fingerprint density at radius 2 is 1.59 bits per heavy atom. The third kappa shape index (κ3) is 9.02. The molecule has 1 heterocycles. The lowest BCUT2D eigenvalue weighted by Gasteiger charge is -2.47. The number of hydrogen-bond acceptors (Lipinski definition) is 8. The number of aliphatic hydroxyl groups excluding tert-OH is 1. The highest BCUT2D eigenvalue weighted by Gasteiger charge is 2.49. The SMILES string of the molecule is NCCC[C@@H](NC(=O)CNC(=O)COc1ccc([C@@H]2[C@@H](SCC(O)c3ccc(F)cc3)C(=O)N2c2ccc(F)cc2)cc1)C(=O)O. The number of carbonyl (C=O) groups excluding carboxylic acids is 3. The lowest BCUT2D eigenvalue weighted by Crippen LogP contribution is -2.57. The van der Waals surface area contributed by atoms with E-state index in [0.29, 0.717) is 23.4 Å². The van der Waals surface area contributed by atoms with E-state index in [1.807, 2.05) is 0 Å². The molecule has 0 saturated carbocycles. The fourth-order valence-electron chi connectivity index (χ4n) is 4.78. The molecular weight excluding hydrogens is 622 g/mol. The summed E-state index contributed by atoms with van der Waals surface area (Å²) in [6, 6.07) is 16.1. The number of thioether (sulfide) groups is 1. The van der Waals surface area contributed by atoms with Crippen LogP contribution >= 0.6 is 11.8 Å². The summed E-state index contributed by atoms with van der Waals surface area (Å²) in [4.78, 5) is 50.4. The number of halogens is 2. The van der Waals surface area contributed by atoms with Gasteiger partial charge in [0.25, 0.3) is 5.91 Å². The van der Waals surface area contributed by atoms with E-state index in [-0.39, 0.29) is 24.6 Å². The highest BCUT2D eigenvalue weighted by molar-refractivity contribution is 8.00. The van der Waals surface area contributed by atoms with Crippen molar-refractivity contribution in [2.24, 2.45) is 5.73 Å². The van der Waals surface area contributed by atoms with E-state index in [4.69, 9.17) is 10.5 Å². The highest BCUT2D eigenvalue weighted by Crippen LogP contribution is 2.46. The Labute approximate surface area is 268 Å². The molecular formula is C32H34F2N4O7S. The number of rotatable bonds is 16. The summed E-state index contributed by atoms with van der Waals surface area (Å²) < 4.78 is 32.4. The van der Waals surface area contributed by atoms with Crippen LogP contribution in [0.1, 0.15) is 36.1 Å². The molecule has 3 aromatic carbocycles. The molecule has 0 spiro atoms. The van der Waals surface area contributed by atoms with Crippen LogP contribution in [-0.2, 0) is 19.2 Å². The largest absolute Gasteiger partial charge is 0.484 e. The first kappa shape index (κ1) is 34.3. The fraction of sp³-hybridized carbons (Fsp3) is 0.312. The number of ether oxygens (including phenoxy) is 1. The molecule has 14 heteroatoms. The number of carbonyl (C=O) groups is 4. The summed E-state index contributed by atoms with van der Waals surface area (Å²) in [6.07, 6.45) is -0.349. The maximum absolute atomic E-state index is 13.6. The van der Waals surface area contributed by atoms with Gasteiger partial charge in [0.2, 0.25) is 11.8 Å². The third-order valence-electron chi connectivity index (χ3n) is 7.21. The van der Waals surface area contributed by atoms with Crippen molar-refractivity contribution in [2.45, 2.75) is 36.3 Å². The van der Waals surface area contributed by atoms with Crippen molar-refractivity contribution in [3.05, 3.63) is 95.6 Å². The number of nitrogens with one attached hydrogen (secondary N) is 2. The van der Waals surface area contributed by atoms with Crippen LogP contribution in [0.3, 0.4) is 0 Å². The second kappa shape index (κ2) is 16.2. The fourth-order valence-corrected chi connectivity index (χ4v) is 6.08. The molecule has 1 fully saturated rings. The van der Waals surface area contributed by atoms with Crippen LogP contribution in [0.25, 0.3) is 0 Å². The molecule has 1 aliphatic heterocycles. The van der Waals surface area contributed by atoms with E-state index in [2.05, 4.69) is 10.6 Å². The summed E-state index contributed by atoms with van der Waals surface area (Å²) in [5.74, 6) is -3.03. The predicted molar refractivity (Wildman–Crippen MR) is 167 cm³/mol. The van der Waals surface area contributed by atoms with Crippen LogP contribution in [0.2, 0.25) is 0 Å². The minimum atomic E-state index is -1.19. The molecule has 0 aliphatic carbocycles. The molecule has 46 heavy (non-hydrogen) atoms. The van der Waals surface area contributed by atoms with Gasteiger partial charge in [-0.2, -0.15) is 0 Å². The molecule has 0 bridgehead atoms. The molecule has 0 aromatic heterocycles. The molecule has 1 saturated heterocycles. The molecule has 11 nitrogen and oxygen atoms in total. The van der Waals surface area contributed by atoms with Gasteiger partial charge >= 0.3 is 5.97 Å². The van der Waals surface area contributed by atoms with Crippen LogP contribution in [0.15, 0.2) is 72.8 Å². The summed E-state index contributed by atoms with van der Waals surface area (Å²) >= 11 is 1.25. The van der Waals surface area contributed by atoms with Gasteiger partial charge in [-0.25, -0.2) is 13.6 Å². The molecule has 0 radical (unpaired) electrons. The molecule has 1 unspecified atom stereocenters. The van der Waals surface area contributed by atoms with Crippen molar-refractivity contribution < 1.29 is 42.9 Å². The lowest BCUT2D eigenvalue weighted by atomic mass is 9.92. The second-order valence-electron chi connectivity index (χ2n) is 10.5. The number of hydrogen-bond donors (Lipinski definition) is 5. The molecule has 4 atom stereocenters. The number of carboxylic acid groups (broad SMARTS) is 1. The van der Waals surface area contributed by atoms with Crippen molar-refractivity contribution in [1.29, 1.82) is 0 Å². The Hall–Kier alpha value is -4.53. The molecule has 6 N–H and O–H groups in total. The number of nitrogens with zero attached hydrogens (tertiary/aromatic N) is 1. The number of anilines is 1. The van der Waals surface area contributed by atoms with Crippen LogP contribution < -0.4 is 26.0 Å². The zero-order valence-corrected chi connectivity index (χ0v) is 25.4. The number of nitrogens with two attached hydrogens (primary N) is 1. The number of aliphatic hydroxyl groups is 1. The highest BCUT2D eigenvalue weighted by atomic mass is 32.2. The van der Waals surface area contributed by atoms with Gasteiger partial charge in [0.1, 0.15) is 28.7 Å². The number of benzene rings is 3. The Kier molecular flexibility index (Phi) is 12.1. The zero-order chi connectivity index (χ0) is 33.2. The summed E-state index contributed by atoms with van der Waals surface area (Å²) in [7, 11) is 0. The first-order chi connectivity index (χ1) is 22.1. The molecule has 3 amide bonds. The summed E-state index contributed by atoms with van der Waals surface area (Å²) in [5.41, 5.74) is 7.14. The van der Waals surface area contributed by atoms with Gasteiger partial charge in [0.05, 0.1) is 18.7 Å². The van der Waals surface area contributed by atoms with Gasteiger partial charge in [-0.1, -0.05) is 24.3 Å². The maximum Gasteiger partial charge on any atom is 0.326 e. The minimum Gasteiger partial charge on any atom is -0.484 e. The van der Waals surface area contributed by atoms with Gasteiger partial charge in [0.15, 0.2) is 6.61 Å². The van der Waals surface area contributed by atoms with Crippen molar-refractivity contribution in [3.63, 3.8) is 0 Å². The molecule has 244 valence electrons. The molecule has 3 aromatic rings. The van der Waals surface area contributed by atoms with E-state index < -0.39 is 66.0 Å². The maximum atomic E-state index is 13.6. The van der Waals surface area contributed by atoms with Gasteiger partial charge in [-0.05, 0) is 79.0 Å². The Bertz CT molecular complexity index is 1510. The number of amides is 3. The summed E-state index contributed by atoms with van der Waals surface area (Å²) in [5, 5.41) is 24.0. The van der Waals surface area contributed by atoms with E-state index in [9.17, 15) is 38.2 Å². The van der Waals surface area contributed by atoms with Gasteiger partial charge in [-0.3, -0.25) is 14.4 Å². The van der Waals surface area contributed by atoms with Crippen LogP contribution in [-0.4, -0.2) is 70.6 Å². The minimum absolute atomic E-state index is 0.165. The van der Waals surface area contributed by atoms with E-state index in [1.165, 1.54) is 60.3 Å².